The van der Waals surface area contributed by atoms with E-state index in [0.29, 0.717) is 4.72 Å². The van der Waals surface area contributed by atoms with E-state index in [1.165, 1.54) is 0 Å². The number of phosphoric ester groups is 1. The monoisotopic (exact) mass is 665 g/mol. The van der Waals surface area contributed by atoms with E-state index < -0.39 is 90.3 Å². The van der Waals surface area contributed by atoms with Crippen molar-refractivity contribution in [1.82, 2.24) is 4.72 Å². The Kier molecular flexibility index (Phi) is 10.3. The van der Waals surface area contributed by atoms with E-state index in [-0.39, 0.29) is 0 Å². The zero-order chi connectivity index (χ0) is 32.1. The van der Waals surface area contributed by atoms with Crippen molar-refractivity contribution >= 4 is 17.8 Å². The molecule has 0 spiro atoms. The SMILES string of the molecule is CCC(CCOP(=O)(O)O)NS(=O)(=O)C(F)(F)C(F)(F)C(F)(F)C(F)(F)C(F)(F)C(F)(F)C(F)(F)C(F)(F)F. The predicted octanol–water partition coefficient (Wildman–Crippen LogP) is 5.15. The first-order chi connectivity index (χ1) is 16.6. The minimum atomic E-state index is -8.94. The van der Waals surface area contributed by atoms with Gasteiger partial charge in [-0.1, -0.05) is 6.92 Å². The number of halogens is 17. The second kappa shape index (κ2) is 10.6. The zero-order valence-electron chi connectivity index (χ0n) is 18.0. The highest BCUT2D eigenvalue weighted by Crippen LogP contribution is 2.64. The second-order valence-electron chi connectivity index (χ2n) is 7.30. The van der Waals surface area contributed by atoms with E-state index in [4.69, 9.17) is 9.79 Å². The van der Waals surface area contributed by atoms with Crippen molar-refractivity contribution in [3.05, 3.63) is 0 Å². The molecule has 3 N–H and O–H groups in total. The molecular weight excluding hydrogens is 652 g/mol. The van der Waals surface area contributed by atoms with Gasteiger partial charge in [0.05, 0.1) is 6.61 Å². The lowest BCUT2D eigenvalue weighted by Gasteiger charge is -2.42. The molecule has 0 rings (SSSR count). The van der Waals surface area contributed by atoms with Gasteiger partial charge in [-0.2, -0.15) is 74.6 Å². The molecule has 0 fully saturated rings. The van der Waals surface area contributed by atoms with Crippen molar-refractivity contribution in [3.8, 4) is 0 Å². The highest BCUT2D eigenvalue weighted by molar-refractivity contribution is 7.90. The number of hydrogen-bond donors (Lipinski definition) is 3. The quantitative estimate of drug-likeness (QED) is 0.175. The lowest BCUT2D eigenvalue weighted by Crippen LogP contribution is -2.75. The van der Waals surface area contributed by atoms with Gasteiger partial charge in [-0.15, -0.1) is 0 Å². The molecular formula is C13H13F17NO6PS. The van der Waals surface area contributed by atoms with Crippen molar-refractivity contribution in [2.24, 2.45) is 0 Å². The molecule has 0 saturated carbocycles. The summed E-state index contributed by atoms with van der Waals surface area (Å²) in [5.41, 5.74) is 0. The van der Waals surface area contributed by atoms with Crippen LogP contribution >= 0.6 is 7.82 Å². The van der Waals surface area contributed by atoms with Gasteiger partial charge in [0.15, 0.2) is 0 Å². The third kappa shape index (κ3) is 6.21. The normalized spacial score (nSPS) is 16.9. The maximum absolute atomic E-state index is 14.0. The molecule has 0 heterocycles. The van der Waals surface area contributed by atoms with Crippen molar-refractivity contribution < 1.29 is 102 Å². The Morgan fingerprint density at radius 2 is 1.03 bits per heavy atom. The average molecular weight is 665 g/mol. The van der Waals surface area contributed by atoms with Crippen LogP contribution in [0.1, 0.15) is 19.8 Å². The molecule has 0 amide bonds. The molecule has 0 aliphatic carbocycles. The minimum absolute atomic E-state index is 0.439. The molecule has 236 valence electrons. The van der Waals surface area contributed by atoms with Crippen LogP contribution in [-0.4, -0.2) is 77.8 Å². The Morgan fingerprint density at radius 3 is 1.33 bits per heavy atom. The summed E-state index contributed by atoms with van der Waals surface area (Å²) in [4.78, 5) is 16.8. The Balaban J connectivity index is 6.64. The first-order valence-corrected chi connectivity index (χ1v) is 12.1. The van der Waals surface area contributed by atoms with Crippen molar-refractivity contribution in [2.75, 3.05) is 6.61 Å². The molecule has 0 aliphatic rings. The first kappa shape index (κ1) is 37.8. The second-order valence-corrected chi connectivity index (χ2v) is 10.3. The van der Waals surface area contributed by atoms with E-state index >= 15 is 0 Å². The third-order valence-corrected chi connectivity index (χ3v) is 6.67. The molecule has 39 heavy (non-hydrogen) atoms. The number of sulfonamides is 1. The number of alkyl halides is 17. The van der Waals surface area contributed by atoms with E-state index in [1.54, 1.807) is 0 Å². The average Bonchev–Trinajstić information content (AvgIpc) is 2.69. The number of hydrogen-bond acceptors (Lipinski definition) is 4. The van der Waals surface area contributed by atoms with Gasteiger partial charge < -0.3 is 9.79 Å². The Labute approximate surface area is 204 Å². The number of rotatable bonds is 14. The molecule has 0 radical (unpaired) electrons. The van der Waals surface area contributed by atoms with Gasteiger partial charge in [-0.25, -0.2) is 17.7 Å². The highest BCUT2D eigenvalue weighted by Gasteiger charge is 2.96. The fourth-order valence-electron chi connectivity index (χ4n) is 2.27. The summed E-state index contributed by atoms with van der Waals surface area (Å²) < 4.78 is 263. The molecule has 26 heteroatoms. The molecule has 0 aromatic heterocycles. The van der Waals surface area contributed by atoms with Crippen LogP contribution in [0.25, 0.3) is 0 Å². The number of nitrogens with one attached hydrogen (secondary N) is 1. The fourth-order valence-corrected chi connectivity index (χ4v) is 3.95. The molecule has 0 saturated heterocycles. The van der Waals surface area contributed by atoms with Gasteiger partial charge in [0, 0.05) is 6.04 Å². The van der Waals surface area contributed by atoms with E-state index in [0.717, 1.165) is 6.92 Å². The first-order valence-electron chi connectivity index (χ1n) is 9.07. The van der Waals surface area contributed by atoms with Crippen LogP contribution in [0.15, 0.2) is 0 Å². The Hall–Kier alpha value is -1.17. The molecule has 0 aliphatic heterocycles. The largest absolute Gasteiger partial charge is 0.469 e. The third-order valence-electron chi connectivity index (χ3n) is 4.57. The van der Waals surface area contributed by atoms with Gasteiger partial charge >= 0.3 is 54.8 Å². The van der Waals surface area contributed by atoms with Crippen LogP contribution in [0.5, 0.6) is 0 Å². The molecule has 0 aromatic carbocycles. The summed E-state index contributed by atoms with van der Waals surface area (Å²) >= 11 is 0. The van der Waals surface area contributed by atoms with Crippen LogP contribution in [-0.2, 0) is 19.1 Å². The van der Waals surface area contributed by atoms with Crippen molar-refractivity contribution in [2.45, 2.75) is 72.8 Å². The van der Waals surface area contributed by atoms with Crippen LogP contribution in [0.4, 0.5) is 74.6 Å². The van der Waals surface area contributed by atoms with Crippen LogP contribution in [0, 0.1) is 0 Å². The van der Waals surface area contributed by atoms with Crippen molar-refractivity contribution in [1.29, 1.82) is 0 Å². The van der Waals surface area contributed by atoms with Crippen LogP contribution < -0.4 is 4.72 Å². The lowest BCUT2D eigenvalue weighted by molar-refractivity contribution is -0.458. The van der Waals surface area contributed by atoms with Gasteiger partial charge in [-0.3, -0.25) is 4.52 Å². The van der Waals surface area contributed by atoms with E-state index in [2.05, 4.69) is 4.52 Å². The maximum Gasteiger partial charge on any atom is 0.469 e. The van der Waals surface area contributed by atoms with E-state index in [1.807, 2.05) is 0 Å². The summed E-state index contributed by atoms with van der Waals surface area (Å²) in [6, 6.07) is -2.24. The summed E-state index contributed by atoms with van der Waals surface area (Å²) in [5.74, 6) is -52.2. The van der Waals surface area contributed by atoms with Gasteiger partial charge in [0.2, 0.25) is 0 Å². The number of phosphoric acid groups is 1. The zero-order valence-corrected chi connectivity index (χ0v) is 19.7. The fraction of sp³-hybridized carbons (Fsp3) is 1.00. The standard InChI is InChI=1S/C13H13F17NO6PS/c1-2-5(3-4-37-38(32,33)34)31-39(35,36)13(29,30)11(24,25)9(20,21)7(16,17)6(14,15)8(18,19)10(22,23)12(26,27)28/h5,31H,2-4H2,1H3,(H2,32,33,34). The Morgan fingerprint density at radius 1 is 0.692 bits per heavy atom. The molecule has 1 atom stereocenters. The Bertz CT molecular complexity index is 1020. The summed E-state index contributed by atoms with van der Waals surface area (Å²) in [5, 5.41) is -7.73. The smallest absolute Gasteiger partial charge is 0.303 e. The van der Waals surface area contributed by atoms with Crippen molar-refractivity contribution in [3.63, 3.8) is 0 Å². The molecule has 0 aromatic rings. The maximum atomic E-state index is 14.0. The lowest BCUT2D eigenvalue weighted by atomic mass is 9.91. The summed E-state index contributed by atoms with van der Waals surface area (Å²) in [7, 11) is -12.8. The minimum Gasteiger partial charge on any atom is -0.303 e. The van der Waals surface area contributed by atoms with Crippen LogP contribution in [0.3, 0.4) is 0 Å². The topological polar surface area (TPSA) is 113 Å². The van der Waals surface area contributed by atoms with Crippen LogP contribution in [0.2, 0.25) is 0 Å². The predicted molar refractivity (Wildman–Crippen MR) is 89.4 cm³/mol. The summed E-state index contributed by atoms with van der Waals surface area (Å²) in [6.45, 7) is -0.483. The van der Waals surface area contributed by atoms with Gasteiger partial charge in [0.25, 0.3) is 10.0 Å². The van der Waals surface area contributed by atoms with Gasteiger partial charge in [0.1, 0.15) is 0 Å². The molecule has 7 nitrogen and oxygen atoms in total. The van der Waals surface area contributed by atoms with E-state index in [9.17, 15) is 87.6 Å². The van der Waals surface area contributed by atoms with Gasteiger partial charge in [-0.05, 0) is 12.8 Å². The molecule has 1 unspecified atom stereocenters. The summed E-state index contributed by atoms with van der Waals surface area (Å²) in [6.07, 6.45) is -9.94. The highest BCUT2D eigenvalue weighted by atomic mass is 32.2. The molecule has 0 bridgehead atoms.